The molecule has 1 aromatic heterocycles. The number of urea groups is 1. The number of aromatic amines is 1. The molecule has 118 valence electrons. The lowest BCUT2D eigenvalue weighted by Crippen LogP contribution is -2.49. The molecular formula is C13H23N5O3. The highest BCUT2D eigenvalue weighted by Gasteiger charge is 2.21. The van der Waals surface area contributed by atoms with Crippen molar-refractivity contribution in [1.29, 1.82) is 0 Å². The summed E-state index contributed by atoms with van der Waals surface area (Å²) < 4.78 is 0. The summed E-state index contributed by atoms with van der Waals surface area (Å²) in [5, 5.41) is 14.3. The number of imidazole rings is 1. The van der Waals surface area contributed by atoms with Crippen molar-refractivity contribution >= 4 is 12.0 Å². The summed E-state index contributed by atoms with van der Waals surface area (Å²) in [7, 11) is 3.91. The number of H-pyrrole nitrogens is 1. The van der Waals surface area contributed by atoms with Gasteiger partial charge >= 0.3 is 12.0 Å². The van der Waals surface area contributed by atoms with Gasteiger partial charge in [-0.25, -0.2) is 14.6 Å². The normalized spacial score (nSPS) is 13.7. The number of carboxylic acid groups (broad SMARTS) is 1. The van der Waals surface area contributed by atoms with Crippen molar-refractivity contribution in [2.24, 2.45) is 0 Å². The first-order valence-electron chi connectivity index (χ1n) is 6.80. The maximum atomic E-state index is 11.8. The Hall–Kier alpha value is -2.09. The maximum Gasteiger partial charge on any atom is 0.326 e. The predicted molar refractivity (Wildman–Crippen MR) is 78.0 cm³/mol. The minimum atomic E-state index is -1.08. The fraction of sp³-hybridized carbons (Fsp3) is 0.615. The van der Waals surface area contributed by atoms with Gasteiger partial charge in [0, 0.05) is 24.4 Å². The van der Waals surface area contributed by atoms with Gasteiger partial charge in [0.2, 0.25) is 0 Å². The number of carbonyl (C=O) groups excluding carboxylic acids is 1. The van der Waals surface area contributed by atoms with E-state index in [1.807, 2.05) is 25.9 Å². The van der Waals surface area contributed by atoms with Gasteiger partial charge in [0.1, 0.15) is 6.04 Å². The first-order valence-corrected chi connectivity index (χ1v) is 6.80. The molecule has 4 N–H and O–H groups in total. The Morgan fingerprint density at radius 2 is 2.14 bits per heavy atom. The molecule has 1 unspecified atom stereocenters. The lowest BCUT2D eigenvalue weighted by atomic mass is 10.1. The van der Waals surface area contributed by atoms with Crippen molar-refractivity contribution < 1.29 is 14.7 Å². The molecule has 1 aromatic rings. The van der Waals surface area contributed by atoms with Crippen LogP contribution in [0, 0.1) is 0 Å². The Labute approximate surface area is 123 Å². The average molecular weight is 297 g/mol. The number of hydrogen-bond donors (Lipinski definition) is 4. The van der Waals surface area contributed by atoms with Crippen LogP contribution in [0.15, 0.2) is 12.5 Å². The van der Waals surface area contributed by atoms with E-state index in [4.69, 9.17) is 5.11 Å². The molecule has 8 heteroatoms. The Morgan fingerprint density at radius 3 is 2.67 bits per heavy atom. The number of hydrogen-bond acceptors (Lipinski definition) is 4. The number of aliphatic carboxylic acids is 1. The van der Waals surface area contributed by atoms with Gasteiger partial charge < -0.3 is 25.6 Å². The van der Waals surface area contributed by atoms with Crippen molar-refractivity contribution in [2.45, 2.75) is 31.8 Å². The van der Waals surface area contributed by atoms with Crippen LogP contribution < -0.4 is 10.6 Å². The molecule has 0 aliphatic heterocycles. The molecule has 1 heterocycles. The fourth-order valence-corrected chi connectivity index (χ4v) is 1.76. The zero-order valence-corrected chi connectivity index (χ0v) is 12.6. The summed E-state index contributed by atoms with van der Waals surface area (Å²) >= 11 is 0. The SMILES string of the molecule is CC(CCN(C)C)NC(=O)N[C@H](Cc1cnc[nH]1)C(=O)O. The van der Waals surface area contributed by atoms with Crippen molar-refractivity contribution in [3.8, 4) is 0 Å². The summed E-state index contributed by atoms with van der Waals surface area (Å²) in [4.78, 5) is 31.7. The van der Waals surface area contributed by atoms with Crippen LogP contribution >= 0.6 is 0 Å². The first kappa shape index (κ1) is 17.0. The van der Waals surface area contributed by atoms with Gasteiger partial charge in [0.05, 0.1) is 6.33 Å². The van der Waals surface area contributed by atoms with E-state index in [9.17, 15) is 9.59 Å². The van der Waals surface area contributed by atoms with E-state index in [0.717, 1.165) is 13.0 Å². The van der Waals surface area contributed by atoms with Crippen LogP contribution in [-0.2, 0) is 11.2 Å². The Bertz CT molecular complexity index is 447. The summed E-state index contributed by atoms with van der Waals surface area (Å²) in [6.45, 7) is 2.73. The lowest BCUT2D eigenvalue weighted by Gasteiger charge is -2.19. The van der Waals surface area contributed by atoms with E-state index in [0.29, 0.717) is 5.69 Å². The second-order valence-corrected chi connectivity index (χ2v) is 5.28. The van der Waals surface area contributed by atoms with E-state index in [2.05, 4.69) is 20.6 Å². The summed E-state index contributed by atoms with van der Waals surface area (Å²) in [6.07, 6.45) is 3.96. The number of aromatic nitrogens is 2. The van der Waals surface area contributed by atoms with Crippen LogP contribution in [0.25, 0.3) is 0 Å². The molecule has 21 heavy (non-hydrogen) atoms. The van der Waals surface area contributed by atoms with Gasteiger partial charge in [0.25, 0.3) is 0 Å². The van der Waals surface area contributed by atoms with E-state index >= 15 is 0 Å². The lowest BCUT2D eigenvalue weighted by molar-refractivity contribution is -0.139. The average Bonchev–Trinajstić information content (AvgIpc) is 2.88. The molecule has 0 aromatic carbocycles. The van der Waals surface area contributed by atoms with Gasteiger partial charge in [-0.3, -0.25) is 0 Å². The molecule has 1 rings (SSSR count). The van der Waals surface area contributed by atoms with E-state index < -0.39 is 18.0 Å². The summed E-state index contributed by atoms with van der Waals surface area (Å²) in [6, 6.07) is -1.51. The second-order valence-electron chi connectivity index (χ2n) is 5.28. The minimum absolute atomic E-state index is 0.0333. The van der Waals surface area contributed by atoms with E-state index in [1.54, 1.807) is 0 Å². The number of carbonyl (C=O) groups is 2. The molecule has 0 saturated carbocycles. The summed E-state index contributed by atoms with van der Waals surface area (Å²) in [5.41, 5.74) is 0.656. The van der Waals surface area contributed by atoms with Gasteiger partial charge in [-0.15, -0.1) is 0 Å². The quantitative estimate of drug-likeness (QED) is 0.542. The third-order valence-corrected chi connectivity index (χ3v) is 2.97. The third kappa shape index (κ3) is 6.75. The third-order valence-electron chi connectivity index (χ3n) is 2.97. The highest BCUT2D eigenvalue weighted by atomic mass is 16.4. The van der Waals surface area contributed by atoms with Crippen LogP contribution in [0.1, 0.15) is 19.0 Å². The monoisotopic (exact) mass is 297 g/mol. The van der Waals surface area contributed by atoms with Crippen molar-refractivity contribution in [1.82, 2.24) is 25.5 Å². The van der Waals surface area contributed by atoms with Gasteiger partial charge in [-0.05, 0) is 34.0 Å². The molecule has 0 spiro atoms. The second kappa shape index (κ2) is 8.25. The number of carboxylic acids is 1. The maximum absolute atomic E-state index is 11.8. The van der Waals surface area contributed by atoms with Crippen molar-refractivity contribution in [2.75, 3.05) is 20.6 Å². The van der Waals surface area contributed by atoms with Crippen LogP contribution in [0.2, 0.25) is 0 Å². The largest absolute Gasteiger partial charge is 0.480 e. The molecule has 0 saturated heterocycles. The van der Waals surface area contributed by atoms with Crippen molar-refractivity contribution in [3.63, 3.8) is 0 Å². The first-order chi connectivity index (χ1) is 9.88. The molecule has 8 nitrogen and oxygen atoms in total. The van der Waals surface area contributed by atoms with Crippen molar-refractivity contribution in [3.05, 3.63) is 18.2 Å². The molecule has 2 amide bonds. The zero-order valence-electron chi connectivity index (χ0n) is 12.6. The highest BCUT2D eigenvalue weighted by Crippen LogP contribution is 1.99. The molecule has 0 fully saturated rings. The number of amides is 2. The minimum Gasteiger partial charge on any atom is -0.480 e. The standard InChI is InChI=1S/C13H23N5O3/c1-9(4-5-18(2)3)16-13(21)17-11(12(19)20)6-10-7-14-8-15-10/h7-9,11H,4-6H2,1-3H3,(H,14,15)(H,19,20)(H2,16,17,21)/t9?,11-/m1/s1. The Morgan fingerprint density at radius 1 is 1.43 bits per heavy atom. The fourth-order valence-electron chi connectivity index (χ4n) is 1.76. The van der Waals surface area contributed by atoms with Gasteiger partial charge in [0.15, 0.2) is 0 Å². The highest BCUT2D eigenvalue weighted by molar-refractivity contribution is 5.82. The molecule has 0 radical (unpaired) electrons. The molecule has 0 aliphatic rings. The number of nitrogens with zero attached hydrogens (tertiary/aromatic N) is 2. The smallest absolute Gasteiger partial charge is 0.326 e. The number of rotatable bonds is 8. The van der Waals surface area contributed by atoms with Crippen LogP contribution in [-0.4, -0.2) is 64.7 Å². The van der Waals surface area contributed by atoms with Gasteiger partial charge in [-0.2, -0.15) is 0 Å². The van der Waals surface area contributed by atoms with Gasteiger partial charge in [-0.1, -0.05) is 0 Å². The number of nitrogens with one attached hydrogen (secondary N) is 3. The van der Waals surface area contributed by atoms with E-state index in [1.165, 1.54) is 12.5 Å². The molecular weight excluding hydrogens is 274 g/mol. The predicted octanol–water partition coefficient (Wildman–Crippen LogP) is 0.0448. The van der Waals surface area contributed by atoms with Crippen LogP contribution in [0.3, 0.4) is 0 Å². The molecule has 2 atom stereocenters. The topological polar surface area (TPSA) is 110 Å². The van der Waals surface area contributed by atoms with E-state index in [-0.39, 0.29) is 12.5 Å². The van der Waals surface area contributed by atoms with Crippen LogP contribution in [0.4, 0.5) is 4.79 Å². The van der Waals surface area contributed by atoms with Crippen LogP contribution in [0.5, 0.6) is 0 Å². The Balaban J connectivity index is 2.43. The Kier molecular flexibility index (Phi) is 6.67. The molecule has 0 aliphatic carbocycles. The zero-order chi connectivity index (χ0) is 15.8. The molecule has 0 bridgehead atoms. The summed E-state index contributed by atoms with van der Waals surface area (Å²) in [5.74, 6) is -1.08.